The van der Waals surface area contributed by atoms with Crippen molar-refractivity contribution in [3.8, 4) is 5.88 Å². The number of amides is 1. The van der Waals surface area contributed by atoms with Crippen molar-refractivity contribution in [3.63, 3.8) is 0 Å². The highest BCUT2D eigenvalue weighted by Crippen LogP contribution is 2.33. The van der Waals surface area contributed by atoms with Gasteiger partial charge in [0, 0.05) is 6.07 Å². The summed E-state index contributed by atoms with van der Waals surface area (Å²) in [6.45, 7) is 5.93. The molecule has 0 aliphatic carbocycles. The lowest BCUT2D eigenvalue weighted by molar-refractivity contribution is -0.119. The summed E-state index contributed by atoms with van der Waals surface area (Å²) in [6.07, 6.45) is 3.25. The van der Waals surface area contributed by atoms with Crippen molar-refractivity contribution in [1.29, 1.82) is 0 Å². The van der Waals surface area contributed by atoms with Gasteiger partial charge in [-0.25, -0.2) is 4.98 Å². The first-order chi connectivity index (χ1) is 13.1. The molecule has 3 rings (SSSR count). The average Bonchev–Trinajstić information content (AvgIpc) is 2.74. The van der Waals surface area contributed by atoms with Gasteiger partial charge in [0.15, 0.2) is 0 Å². The highest BCUT2D eigenvalue weighted by atomic mass is 16.5. The zero-order valence-corrected chi connectivity index (χ0v) is 15.3. The van der Waals surface area contributed by atoms with E-state index in [4.69, 9.17) is 4.74 Å². The van der Waals surface area contributed by atoms with Crippen LogP contribution >= 0.6 is 0 Å². The Balaban J connectivity index is 1.89. The number of aromatic nitrogens is 1. The van der Waals surface area contributed by atoms with Crippen LogP contribution in [-0.4, -0.2) is 17.5 Å². The minimum atomic E-state index is -0.833. The summed E-state index contributed by atoms with van der Waals surface area (Å²) in [5, 5.41) is 2.99. The minimum Gasteiger partial charge on any atom is -0.473 e. The number of carbonyl (C=O) groups excluding carboxylic acids is 1. The van der Waals surface area contributed by atoms with Gasteiger partial charge in [-0.2, -0.15) is 0 Å². The number of ether oxygens (including phenoxy) is 1. The molecule has 0 aliphatic heterocycles. The quantitative estimate of drug-likeness (QED) is 0.629. The van der Waals surface area contributed by atoms with Crippen molar-refractivity contribution >= 4 is 11.6 Å². The predicted octanol–water partition coefficient (Wildman–Crippen LogP) is 4.59. The minimum absolute atomic E-state index is 0.124. The number of nitrogens with zero attached hydrogens (tertiary/aromatic N) is 1. The topological polar surface area (TPSA) is 51.2 Å². The van der Waals surface area contributed by atoms with Crippen molar-refractivity contribution in [2.75, 3.05) is 11.9 Å². The molecule has 27 heavy (non-hydrogen) atoms. The van der Waals surface area contributed by atoms with Gasteiger partial charge in [0.2, 0.25) is 11.8 Å². The Hall–Kier alpha value is -3.40. The molecule has 1 amide bonds. The van der Waals surface area contributed by atoms with Crippen LogP contribution in [0.4, 0.5) is 5.69 Å². The Morgan fingerprint density at radius 2 is 1.63 bits per heavy atom. The Morgan fingerprint density at radius 3 is 2.11 bits per heavy atom. The zero-order valence-electron chi connectivity index (χ0n) is 15.3. The second-order valence-corrected chi connectivity index (χ2v) is 6.30. The monoisotopic (exact) mass is 358 g/mol. The molecule has 0 fully saturated rings. The van der Waals surface area contributed by atoms with E-state index in [0.29, 0.717) is 18.2 Å². The summed E-state index contributed by atoms with van der Waals surface area (Å²) in [6, 6.07) is 23.0. The lowest BCUT2D eigenvalue weighted by atomic mass is 9.75. The Bertz CT molecular complexity index is 851. The van der Waals surface area contributed by atoms with Gasteiger partial charge in [-0.15, -0.1) is 0 Å². The Kier molecular flexibility index (Phi) is 5.67. The molecule has 3 aromatic rings. The molecule has 1 aromatic heterocycles. The molecule has 0 aliphatic rings. The molecular formula is C23H22N2O2. The first-order valence-corrected chi connectivity index (χ1v) is 8.77. The van der Waals surface area contributed by atoms with Gasteiger partial charge in [0.1, 0.15) is 6.61 Å². The van der Waals surface area contributed by atoms with Gasteiger partial charge in [-0.3, -0.25) is 4.79 Å². The predicted molar refractivity (Wildman–Crippen MR) is 108 cm³/mol. The van der Waals surface area contributed by atoms with Crippen molar-refractivity contribution in [1.82, 2.24) is 4.98 Å². The van der Waals surface area contributed by atoms with E-state index in [1.807, 2.05) is 67.6 Å². The normalized spacial score (nSPS) is 10.9. The maximum Gasteiger partial charge on any atom is 0.239 e. The molecule has 0 saturated carbocycles. The maximum atomic E-state index is 13.3. The van der Waals surface area contributed by atoms with Crippen LogP contribution < -0.4 is 10.1 Å². The fourth-order valence-corrected chi connectivity index (χ4v) is 2.91. The van der Waals surface area contributed by atoms with E-state index >= 15 is 0 Å². The first kappa shape index (κ1) is 18.4. The highest BCUT2D eigenvalue weighted by molar-refractivity contribution is 6.01. The number of nitrogens with one attached hydrogen (secondary N) is 1. The number of anilines is 1. The zero-order chi connectivity index (χ0) is 19.1. The fraction of sp³-hybridized carbons (Fsp3) is 0.130. The molecule has 0 atom stereocenters. The third-order valence-corrected chi connectivity index (χ3v) is 4.50. The molecule has 0 unspecified atom stereocenters. The van der Waals surface area contributed by atoms with Gasteiger partial charge in [0.25, 0.3) is 0 Å². The standard InChI is InChI=1S/C23H22N2O2/c1-3-16-27-21-15-14-20(17-24-21)25-22(26)23(2,18-10-6-4-7-11-18)19-12-8-5-9-13-19/h3-15,17H,1,16H2,2H3,(H,25,26). The number of pyridine rings is 1. The van der Waals surface area contributed by atoms with Crippen LogP contribution in [0.15, 0.2) is 91.6 Å². The molecule has 4 heteroatoms. The highest BCUT2D eigenvalue weighted by Gasteiger charge is 2.37. The lowest BCUT2D eigenvalue weighted by Gasteiger charge is -2.29. The second kappa shape index (κ2) is 8.32. The molecule has 0 saturated heterocycles. The van der Waals surface area contributed by atoms with Crippen LogP contribution in [0.25, 0.3) is 0 Å². The summed E-state index contributed by atoms with van der Waals surface area (Å²) in [4.78, 5) is 17.5. The second-order valence-electron chi connectivity index (χ2n) is 6.30. The van der Waals surface area contributed by atoms with Crippen LogP contribution in [0.1, 0.15) is 18.1 Å². The molecule has 0 spiro atoms. The average molecular weight is 358 g/mol. The lowest BCUT2D eigenvalue weighted by Crippen LogP contribution is -2.38. The summed E-state index contributed by atoms with van der Waals surface area (Å²) in [5.41, 5.74) is 1.63. The van der Waals surface area contributed by atoms with Crippen LogP contribution in [0, 0.1) is 0 Å². The van der Waals surface area contributed by atoms with Crippen LogP contribution in [-0.2, 0) is 10.2 Å². The summed E-state index contributed by atoms with van der Waals surface area (Å²) < 4.78 is 5.38. The van der Waals surface area contributed by atoms with E-state index < -0.39 is 5.41 Å². The first-order valence-electron chi connectivity index (χ1n) is 8.77. The molecule has 1 heterocycles. The van der Waals surface area contributed by atoms with Gasteiger partial charge < -0.3 is 10.1 Å². The third kappa shape index (κ3) is 4.06. The van der Waals surface area contributed by atoms with Gasteiger partial charge in [-0.1, -0.05) is 73.3 Å². The van der Waals surface area contributed by atoms with Gasteiger partial charge in [-0.05, 0) is 24.1 Å². The van der Waals surface area contributed by atoms with E-state index in [9.17, 15) is 4.79 Å². The van der Waals surface area contributed by atoms with Crippen LogP contribution in [0.3, 0.4) is 0 Å². The SMILES string of the molecule is C=CCOc1ccc(NC(=O)C(C)(c2ccccc2)c2ccccc2)cn1. The summed E-state index contributed by atoms with van der Waals surface area (Å²) in [7, 11) is 0. The van der Waals surface area contributed by atoms with E-state index in [1.54, 1.807) is 24.4 Å². The molecule has 4 nitrogen and oxygen atoms in total. The van der Waals surface area contributed by atoms with Crippen molar-refractivity contribution in [3.05, 3.63) is 103 Å². The van der Waals surface area contributed by atoms with E-state index in [0.717, 1.165) is 11.1 Å². The van der Waals surface area contributed by atoms with E-state index in [1.165, 1.54) is 0 Å². The third-order valence-electron chi connectivity index (χ3n) is 4.50. The molecule has 1 N–H and O–H groups in total. The number of carbonyl (C=O) groups is 1. The van der Waals surface area contributed by atoms with Crippen molar-refractivity contribution in [2.45, 2.75) is 12.3 Å². The Morgan fingerprint density at radius 1 is 1.04 bits per heavy atom. The number of benzene rings is 2. The van der Waals surface area contributed by atoms with Crippen molar-refractivity contribution in [2.24, 2.45) is 0 Å². The molecule has 2 aromatic carbocycles. The van der Waals surface area contributed by atoms with Gasteiger partial charge >= 0.3 is 0 Å². The fourth-order valence-electron chi connectivity index (χ4n) is 2.91. The van der Waals surface area contributed by atoms with Crippen molar-refractivity contribution < 1.29 is 9.53 Å². The smallest absolute Gasteiger partial charge is 0.239 e. The molecular weight excluding hydrogens is 336 g/mol. The van der Waals surface area contributed by atoms with Gasteiger partial charge in [0.05, 0.1) is 17.3 Å². The molecule has 136 valence electrons. The largest absolute Gasteiger partial charge is 0.473 e. The number of rotatable bonds is 7. The van der Waals surface area contributed by atoms with Crippen LogP contribution in [0.2, 0.25) is 0 Å². The number of hydrogen-bond acceptors (Lipinski definition) is 3. The summed E-state index contributed by atoms with van der Waals surface area (Å²) >= 11 is 0. The van der Waals surface area contributed by atoms with E-state index in [-0.39, 0.29) is 5.91 Å². The maximum absolute atomic E-state index is 13.3. The molecule has 0 radical (unpaired) electrons. The summed E-state index contributed by atoms with van der Waals surface area (Å²) in [5.74, 6) is 0.364. The Labute approximate surface area is 159 Å². The number of hydrogen-bond donors (Lipinski definition) is 1. The van der Waals surface area contributed by atoms with Crippen LogP contribution in [0.5, 0.6) is 5.88 Å². The molecule has 0 bridgehead atoms. The van der Waals surface area contributed by atoms with E-state index in [2.05, 4.69) is 16.9 Å².